The molecule has 124 valence electrons. The smallest absolute Gasteiger partial charge is 0.253 e. The predicted octanol–water partition coefficient (Wildman–Crippen LogP) is 3.78. The lowest BCUT2D eigenvalue weighted by Crippen LogP contribution is -2.23. The van der Waals surface area contributed by atoms with E-state index in [-0.39, 0.29) is 5.91 Å². The number of nitrogens with one attached hydrogen (secondary N) is 1. The number of para-hydroxylation sites is 1. The van der Waals surface area contributed by atoms with Crippen molar-refractivity contribution in [3.05, 3.63) is 58.5 Å². The fraction of sp³-hybridized carbons (Fsp3) is 0.278. The fourth-order valence-corrected chi connectivity index (χ4v) is 2.98. The van der Waals surface area contributed by atoms with Gasteiger partial charge in [-0.15, -0.1) is 0 Å². The van der Waals surface area contributed by atoms with Crippen LogP contribution in [0.15, 0.2) is 47.2 Å². The molecule has 0 spiro atoms. The van der Waals surface area contributed by atoms with E-state index in [1.165, 1.54) is 0 Å². The second kappa shape index (κ2) is 7.13. The summed E-state index contributed by atoms with van der Waals surface area (Å²) in [5.74, 6) is 0.342. The Labute approximate surface area is 149 Å². The molecule has 0 bridgehead atoms. The molecule has 0 unspecified atom stereocenters. The second-order valence-corrected chi connectivity index (χ2v) is 7.03. The van der Waals surface area contributed by atoms with Crippen LogP contribution < -0.4 is 5.32 Å². The summed E-state index contributed by atoms with van der Waals surface area (Å²) < 4.78 is 2.80. The number of fused-ring (bicyclic) bond motifs is 1. The summed E-state index contributed by atoms with van der Waals surface area (Å²) >= 11 is 3.33. The van der Waals surface area contributed by atoms with Crippen molar-refractivity contribution < 1.29 is 4.79 Å². The maximum absolute atomic E-state index is 12.3. The van der Waals surface area contributed by atoms with Crippen molar-refractivity contribution in [2.45, 2.75) is 26.9 Å². The van der Waals surface area contributed by atoms with E-state index in [1.54, 1.807) is 18.5 Å². The molecule has 5 nitrogen and oxygen atoms in total. The number of carbonyl (C=O) groups is 1. The average Bonchev–Trinajstić information content (AvgIpc) is 2.90. The van der Waals surface area contributed by atoms with Gasteiger partial charge in [-0.1, -0.05) is 32.0 Å². The quantitative estimate of drug-likeness (QED) is 0.725. The largest absolute Gasteiger partial charge is 0.346 e. The van der Waals surface area contributed by atoms with Gasteiger partial charge in [-0.05, 0) is 34.0 Å². The van der Waals surface area contributed by atoms with Gasteiger partial charge in [-0.3, -0.25) is 14.5 Å². The lowest BCUT2D eigenvalue weighted by molar-refractivity contribution is 0.0950. The topological polar surface area (TPSA) is 59.8 Å². The molecule has 1 amide bonds. The van der Waals surface area contributed by atoms with E-state index in [1.807, 2.05) is 22.9 Å². The summed E-state index contributed by atoms with van der Waals surface area (Å²) in [6, 6.07) is 9.86. The number of amides is 1. The molecule has 0 fully saturated rings. The maximum Gasteiger partial charge on any atom is 0.253 e. The van der Waals surface area contributed by atoms with Crippen LogP contribution in [-0.2, 0) is 13.1 Å². The third-order valence-electron chi connectivity index (χ3n) is 3.66. The molecule has 0 saturated carbocycles. The zero-order valence-electron chi connectivity index (χ0n) is 13.7. The van der Waals surface area contributed by atoms with Gasteiger partial charge in [-0.25, -0.2) is 0 Å². The lowest BCUT2D eigenvalue weighted by atomic mass is 10.2. The van der Waals surface area contributed by atoms with E-state index >= 15 is 0 Å². The molecule has 0 aliphatic heterocycles. The zero-order chi connectivity index (χ0) is 17.1. The van der Waals surface area contributed by atoms with E-state index in [2.05, 4.69) is 51.2 Å². The Morgan fingerprint density at radius 3 is 2.83 bits per heavy atom. The molecule has 1 N–H and O–H groups in total. The molecule has 2 heterocycles. The minimum atomic E-state index is -0.161. The summed E-state index contributed by atoms with van der Waals surface area (Å²) in [4.78, 5) is 16.3. The van der Waals surface area contributed by atoms with Gasteiger partial charge in [0.15, 0.2) is 0 Å². The molecule has 0 saturated heterocycles. The number of pyridine rings is 1. The monoisotopic (exact) mass is 386 g/mol. The van der Waals surface area contributed by atoms with Crippen LogP contribution in [0.25, 0.3) is 10.9 Å². The molecule has 3 rings (SSSR count). The van der Waals surface area contributed by atoms with E-state index in [9.17, 15) is 4.79 Å². The second-order valence-electron chi connectivity index (χ2n) is 6.11. The first-order valence-corrected chi connectivity index (χ1v) is 8.67. The summed E-state index contributed by atoms with van der Waals surface area (Å²) in [5.41, 5.74) is 2.50. The van der Waals surface area contributed by atoms with Gasteiger partial charge in [0.1, 0.15) is 0 Å². The van der Waals surface area contributed by atoms with Gasteiger partial charge >= 0.3 is 0 Å². The Bertz CT molecular complexity index is 872. The molecule has 0 atom stereocenters. The average molecular weight is 387 g/mol. The molecule has 1 aromatic carbocycles. The highest BCUT2D eigenvalue weighted by molar-refractivity contribution is 9.10. The molecule has 6 heteroatoms. The number of hydrogen-bond acceptors (Lipinski definition) is 3. The van der Waals surface area contributed by atoms with Crippen LogP contribution in [0.3, 0.4) is 0 Å². The first kappa shape index (κ1) is 16.6. The minimum absolute atomic E-state index is 0.161. The molecule has 0 radical (unpaired) electrons. The summed E-state index contributed by atoms with van der Waals surface area (Å²) in [7, 11) is 0. The third kappa shape index (κ3) is 3.64. The van der Waals surface area contributed by atoms with Crippen molar-refractivity contribution in [1.29, 1.82) is 0 Å². The van der Waals surface area contributed by atoms with Crippen molar-refractivity contribution >= 4 is 32.7 Å². The Morgan fingerprint density at radius 1 is 1.29 bits per heavy atom. The molecule has 3 aromatic rings. The summed E-state index contributed by atoms with van der Waals surface area (Å²) in [6.07, 6.45) is 3.20. The summed E-state index contributed by atoms with van der Waals surface area (Å²) in [5, 5.41) is 8.69. The maximum atomic E-state index is 12.3. The minimum Gasteiger partial charge on any atom is -0.346 e. The van der Waals surface area contributed by atoms with E-state index < -0.39 is 0 Å². The van der Waals surface area contributed by atoms with Crippen molar-refractivity contribution in [2.24, 2.45) is 5.92 Å². The number of nitrogens with zero attached hydrogens (tertiary/aromatic N) is 3. The van der Waals surface area contributed by atoms with E-state index in [0.717, 1.165) is 27.6 Å². The van der Waals surface area contributed by atoms with Gasteiger partial charge < -0.3 is 5.32 Å². The summed E-state index contributed by atoms with van der Waals surface area (Å²) in [6.45, 7) is 5.57. The SMILES string of the molecule is CC(C)Cn1nc(CNC(=O)c2cncc(Br)c2)c2ccccc21. The highest BCUT2D eigenvalue weighted by Crippen LogP contribution is 2.19. The number of hydrogen-bond donors (Lipinski definition) is 1. The predicted molar refractivity (Wildman–Crippen MR) is 97.7 cm³/mol. The van der Waals surface area contributed by atoms with Crippen LogP contribution in [0.1, 0.15) is 29.9 Å². The van der Waals surface area contributed by atoms with Crippen molar-refractivity contribution in [3.8, 4) is 0 Å². The normalized spacial score (nSPS) is 11.2. The van der Waals surface area contributed by atoms with Gasteiger partial charge in [0.05, 0.1) is 23.3 Å². The Balaban J connectivity index is 1.81. The van der Waals surface area contributed by atoms with Crippen LogP contribution in [0.4, 0.5) is 0 Å². The molecule has 0 aliphatic rings. The van der Waals surface area contributed by atoms with Gasteiger partial charge in [0.25, 0.3) is 5.91 Å². The number of carbonyl (C=O) groups excluding carboxylic acids is 1. The fourth-order valence-electron chi connectivity index (χ4n) is 2.61. The number of benzene rings is 1. The zero-order valence-corrected chi connectivity index (χ0v) is 15.2. The first-order valence-electron chi connectivity index (χ1n) is 7.88. The van der Waals surface area contributed by atoms with Gasteiger partial charge in [0.2, 0.25) is 0 Å². The van der Waals surface area contributed by atoms with Crippen molar-refractivity contribution in [1.82, 2.24) is 20.1 Å². The van der Waals surface area contributed by atoms with Crippen molar-refractivity contribution in [3.63, 3.8) is 0 Å². The molecule has 0 aliphatic carbocycles. The van der Waals surface area contributed by atoms with Gasteiger partial charge in [0, 0.05) is 28.8 Å². The molecule has 2 aromatic heterocycles. The van der Waals surface area contributed by atoms with E-state index in [4.69, 9.17) is 0 Å². The molecular formula is C18H19BrN4O. The Hall–Kier alpha value is -2.21. The van der Waals surface area contributed by atoms with Crippen LogP contribution in [-0.4, -0.2) is 20.7 Å². The highest BCUT2D eigenvalue weighted by Gasteiger charge is 2.13. The number of aromatic nitrogens is 3. The standard InChI is InChI=1S/C18H19BrN4O/c1-12(2)11-23-17-6-4-3-5-15(17)16(22-23)10-21-18(24)13-7-14(19)9-20-8-13/h3-9,12H,10-11H2,1-2H3,(H,21,24). The number of rotatable bonds is 5. The Kier molecular flexibility index (Phi) is 4.94. The van der Waals surface area contributed by atoms with Crippen LogP contribution in [0.2, 0.25) is 0 Å². The highest BCUT2D eigenvalue weighted by atomic mass is 79.9. The van der Waals surface area contributed by atoms with Crippen LogP contribution >= 0.6 is 15.9 Å². The number of halogens is 1. The van der Waals surface area contributed by atoms with E-state index in [0.29, 0.717) is 18.0 Å². The lowest BCUT2D eigenvalue weighted by Gasteiger charge is -2.06. The van der Waals surface area contributed by atoms with Crippen molar-refractivity contribution in [2.75, 3.05) is 0 Å². The third-order valence-corrected chi connectivity index (χ3v) is 4.09. The molecule has 24 heavy (non-hydrogen) atoms. The Morgan fingerprint density at radius 2 is 2.08 bits per heavy atom. The van der Waals surface area contributed by atoms with Crippen LogP contribution in [0, 0.1) is 5.92 Å². The van der Waals surface area contributed by atoms with Gasteiger partial charge in [-0.2, -0.15) is 5.10 Å². The first-order chi connectivity index (χ1) is 11.5. The van der Waals surface area contributed by atoms with Crippen LogP contribution in [0.5, 0.6) is 0 Å². The molecular weight excluding hydrogens is 368 g/mol.